The molecule has 1 heterocycles. The second-order valence-corrected chi connectivity index (χ2v) is 4.44. The molecule has 7 nitrogen and oxygen atoms in total. The minimum atomic E-state index is -0.749. The molecule has 0 saturated heterocycles. The number of carbonyl (C=O) groups is 1. The van der Waals surface area contributed by atoms with Crippen LogP contribution in [0.2, 0.25) is 0 Å². The Morgan fingerprint density at radius 1 is 1.52 bits per heavy atom. The SMILES string of the molecule is Cc1cc([N+](=O)[O-])cc(C(=O)NCCn2ccnc2)c1F. The van der Waals surface area contributed by atoms with E-state index in [9.17, 15) is 19.3 Å². The lowest BCUT2D eigenvalue weighted by Crippen LogP contribution is -2.28. The van der Waals surface area contributed by atoms with Crippen LogP contribution in [-0.4, -0.2) is 26.9 Å². The van der Waals surface area contributed by atoms with E-state index in [4.69, 9.17) is 0 Å². The van der Waals surface area contributed by atoms with Crippen molar-refractivity contribution in [2.45, 2.75) is 13.5 Å². The van der Waals surface area contributed by atoms with Crippen LogP contribution in [0.1, 0.15) is 15.9 Å². The van der Waals surface area contributed by atoms with Gasteiger partial charge in [-0.05, 0) is 12.5 Å². The van der Waals surface area contributed by atoms with Crippen LogP contribution in [0.4, 0.5) is 10.1 Å². The molecule has 0 bridgehead atoms. The van der Waals surface area contributed by atoms with Crippen LogP contribution in [0.5, 0.6) is 0 Å². The number of nitro groups is 1. The quantitative estimate of drug-likeness (QED) is 0.670. The van der Waals surface area contributed by atoms with E-state index in [1.54, 1.807) is 23.3 Å². The molecule has 0 radical (unpaired) electrons. The minimum Gasteiger partial charge on any atom is -0.350 e. The molecular weight excluding hydrogens is 279 g/mol. The standard InChI is InChI=1S/C13H13FN4O3/c1-9-6-10(18(20)21)7-11(12(9)14)13(19)16-3-5-17-4-2-15-8-17/h2,4,6-8H,3,5H2,1H3,(H,16,19). The Morgan fingerprint density at radius 3 is 2.90 bits per heavy atom. The average Bonchev–Trinajstić information content (AvgIpc) is 2.94. The Labute approximate surface area is 119 Å². The zero-order valence-electron chi connectivity index (χ0n) is 11.2. The van der Waals surface area contributed by atoms with Gasteiger partial charge in [-0.15, -0.1) is 0 Å². The zero-order chi connectivity index (χ0) is 15.4. The van der Waals surface area contributed by atoms with E-state index in [2.05, 4.69) is 10.3 Å². The molecule has 1 aromatic carbocycles. The van der Waals surface area contributed by atoms with Gasteiger partial charge >= 0.3 is 0 Å². The summed E-state index contributed by atoms with van der Waals surface area (Å²) in [6.45, 7) is 2.11. The number of imidazole rings is 1. The van der Waals surface area contributed by atoms with E-state index in [1.807, 2.05) is 0 Å². The van der Waals surface area contributed by atoms with Crippen LogP contribution in [0, 0.1) is 22.9 Å². The first-order chi connectivity index (χ1) is 9.99. The van der Waals surface area contributed by atoms with Gasteiger partial charge in [0.2, 0.25) is 0 Å². The summed E-state index contributed by atoms with van der Waals surface area (Å²) in [6.07, 6.45) is 4.92. The van der Waals surface area contributed by atoms with Crippen LogP contribution in [-0.2, 0) is 6.54 Å². The van der Waals surface area contributed by atoms with Gasteiger partial charge in [-0.3, -0.25) is 14.9 Å². The topological polar surface area (TPSA) is 90.1 Å². The van der Waals surface area contributed by atoms with E-state index in [0.29, 0.717) is 6.54 Å². The van der Waals surface area contributed by atoms with E-state index < -0.39 is 16.6 Å². The molecule has 8 heteroatoms. The number of aromatic nitrogens is 2. The van der Waals surface area contributed by atoms with Crippen molar-refractivity contribution >= 4 is 11.6 Å². The first-order valence-corrected chi connectivity index (χ1v) is 6.17. The molecule has 0 spiro atoms. The molecule has 0 fully saturated rings. The third-order valence-corrected chi connectivity index (χ3v) is 2.91. The zero-order valence-corrected chi connectivity index (χ0v) is 11.2. The highest BCUT2D eigenvalue weighted by Crippen LogP contribution is 2.20. The van der Waals surface area contributed by atoms with Gasteiger partial charge in [-0.2, -0.15) is 0 Å². The number of nitrogens with one attached hydrogen (secondary N) is 1. The maximum Gasteiger partial charge on any atom is 0.270 e. The molecule has 2 aromatic rings. The molecule has 0 aliphatic carbocycles. The highest BCUT2D eigenvalue weighted by Gasteiger charge is 2.19. The summed E-state index contributed by atoms with van der Waals surface area (Å²) < 4.78 is 15.6. The maximum atomic E-state index is 13.9. The molecule has 0 aliphatic rings. The normalized spacial score (nSPS) is 10.4. The van der Waals surface area contributed by atoms with Crippen LogP contribution in [0.15, 0.2) is 30.9 Å². The van der Waals surface area contributed by atoms with Crippen LogP contribution >= 0.6 is 0 Å². The third-order valence-electron chi connectivity index (χ3n) is 2.91. The number of nitrogens with zero attached hydrogens (tertiary/aromatic N) is 3. The smallest absolute Gasteiger partial charge is 0.270 e. The van der Waals surface area contributed by atoms with Gasteiger partial charge in [0.25, 0.3) is 11.6 Å². The van der Waals surface area contributed by atoms with Gasteiger partial charge in [0.15, 0.2) is 0 Å². The summed E-state index contributed by atoms with van der Waals surface area (Å²) >= 11 is 0. The Hall–Kier alpha value is -2.77. The van der Waals surface area contributed by atoms with Gasteiger partial charge in [0.1, 0.15) is 5.82 Å². The number of benzene rings is 1. The van der Waals surface area contributed by atoms with E-state index in [0.717, 1.165) is 12.1 Å². The summed E-state index contributed by atoms with van der Waals surface area (Å²) in [4.78, 5) is 25.9. The summed E-state index contributed by atoms with van der Waals surface area (Å²) in [6, 6.07) is 2.03. The fourth-order valence-corrected chi connectivity index (χ4v) is 1.83. The number of rotatable bonds is 5. The molecule has 0 atom stereocenters. The second-order valence-electron chi connectivity index (χ2n) is 4.44. The number of nitro benzene ring substituents is 1. The average molecular weight is 292 g/mol. The van der Waals surface area contributed by atoms with E-state index in [-0.39, 0.29) is 23.4 Å². The predicted molar refractivity (Wildman–Crippen MR) is 72.4 cm³/mol. The molecule has 21 heavy (non-hydrogen) atoms. The summed E-state index contributed by atoms with van der Waals surface area (Å²) in [5.74, 6) is -1.43. The van der Waals surface area contributed by atoms with Crippen LogP contribution in [0.3, 0.4) is 0 Å². The van der Waals surface area contributed by atoms with Crippen molar-refractivity contribution in [1.29, 1.82) is 0 Å². The monoisotopic (exact) mass is 292 g/mol. The number of hydrogen-bond donors (Lipinski definition) is 1. The molecule has 1 N–H and O–H groups in total. The summed E-state index contributed by atoms with van der Waals surface area (Å²) in [7, 11) is 0. The van der Waals surface area contributed by atoms with Crippen molar-refractivity contribution in [3.63, 3.8) is 0 Å². The largest absolute Gasteiger partial charge is 0.350 e. The lowest BCUT2D eigenvalue weighted by molar-refractivity contribution is -0.385. The fourth-order valence-electron chi connectivity index (χ4n) is 1.83. The van der Waals surface area contributed by atoms with Crippen molar-refractivity contribution in [3.05, 3.63) is 57.9 Å². The van der Waals surface area contributed by atoms with Gasteiger partial charge in [-0.1, -0.05) is 0 Å². The number of halogens is 1. The van der Waals surface area contributed by atoms with Gasteiger partial charge < -0.3 is 9.88 Å². The van der Waals surface area contributed by atoms with Crippen LogP contribution in [0.25, 0.3) is 0 Å². The van der Waals surface area contributed by atoms with Crippen molar-refractivity contribution in [2.24, 2.45) is 0 Å². The molecule has 0 unspecified atom stereocenters. The number of amides is 1. The Balaban J connectivity index is 2.09. The first-order valence-electron chi connectivity index (χ1n) is 6.17. The highest BCUT2D eigenvalue weighted by atomic mass is 19.1. The van der Waals surface area contributed by atoms with Crippen LogP contribution < -0.4 is 5.32 Å². The van der Waals surface area contributed by atoms with E-state index >= 15 is 0 Å². The van der Waals surface area contributed by atoms with Gasteiger partial charge in [-0.25, -0.2) is 9.37 Å². The molecule has 1 aromatic heterocycles. The minimum absolute atomic E-state index is 0.0592. The molecular formula is C13H13FN4O3. The molecule has 1 amide bonds. The van der Waals surface area contributed by atoms with Crippen molar-refractivity contribution in [3.8, 4) is 0 Å². The summed E-state index contributed by atoms with van der Waals surface area (Å²) in [5, 5.41) is 13.3. The van der Waals surface area contributed by atoms with E-state index in [1.165, 1.54) is 6.92 Å². The number of aryl methyl sites for hydroxylation is 1. The number of carbonyl (C=O) groups excluding carboxylic acids is 1. The lowest BCUT2D eigenvalue weighted by atomic mass is 10.1. The van der Waals surface area contributed by atoms with Gasteiger partial charge in [0, 0.05) is 37.6 Å². The first kappa shape index (κ1) is 14.6. The number of hydrogen-bond acceptors (Lipinski definition) is 4. The van der Waals surface area contributed by atoms with Crippen molar-refractivity contribution < 1.29 is 14.1 Å². The molecule has 0 aliphatic heterocycles. The highest BCUT2D eigenvalue weighted by molar-refractivity contribution is 5.95. The Morgan fingerprint density at radius 2 is 2.29 bits per heavy atom. The molecule has 110 valence electrons. The maximum absolute atomic E-state index is 13.9. The summed E-state index contributed by atoms with van der Waals surface area (Å²) in [5.41, 5.74) is -0.579. The lowest BCUT2D eigenvalue weighted by Gasteiger charge is -2.08. The van der Waals surface area contributed by atoms with Crippen molar-refractivity contribution in [1.82, 2.24) is 14.9 Å². The molecule has 0 saturated carbocycles. The third kappa shape index (κ3) is 3.41. The van der Waals surface area contributed by atoms with Crippen molar-refractivity contribution in [2.75, 3.05) is 6.54 Å². The van der Waals surface area contributed by atoms with Gasteiger partial charge in [0.05, 0.1) is 16.8 Å². The molecule has 2 rings (SSSR count). The second kappa shape index (κ2) is 6.12. The Bertz CT molecular complexity index is 670. The number of non-ortho nitro benzene ring substituents is 1. The Kier molecular flexibility index (Phi) is 4.27. The fraction of sp³-hybridized carbons (Fsp3) is 0.231. The predicted octanol–water partition coefficient (Wildman–Crippen LogP) is 1.67.